The van der Waals surface area contributed by atoms with Crippen molar-refractivity contribution in [3.8, 4) is 0 Å². The smallest absolute Gasteiger partial charge is 0.329 e. The SMILES string of the molecule is CCCCCc1ccc(/C(C)=C/C(=O)CC(Cc2c[nH]c3ccccc23)C(=O)NC(CC(N)=O)C(=O)CC(CC(=O)O)C(=O)NC2C(=O)NCC(=O)CC(CCCN)C(=O)CC(C)C(=O)NC(C)C(=O)NC(C)C(=O)NCC(=O)NC(CO)C(=O)NC(C(C)C)C(=O)NC(CC(=O)c3ccccc3N)C(=O)OC2C)cc1. The second-order valence-electron chi connectivity index (χ2n) is 28.4. The number of aliphatic hydroxyl groups excluding tert-OH is 1. The first kappa shape index (κ1) is 90.3. The number of benzene rings is 3. The monoisotopic (exact) mass is 1540 g/mol. The number of ether oxygens (including phenoxy) is 1. The first-order valence-corrected chi connectivity index (χ1v) is 37.0. The number of aryl methyl sites for hydroxylation is 1. The molecule has 2 heterocycles. The molecule has 33 nitrogen and oxygen atoms in total. The molecule has 1 fully saturated rings. The molecule has 18 N–H and O–H groups in total. The van der Waals surface area contributed by atoms with Crippen molar-refractivity contribution < 1.29 is 96.5 Å². The number of aromatic amines is 1. The minimum Gasteiger partial charge on any atom is -0.481 e. The summed E-state index contributed by atoms with van der Waals surface area (Å²) < 4.78 is 5.80. The topological polar surface area (TPSA) is 542 Å². The molecule has 1 aliphatic rings. The molecule has 0 bridgehead atoms. The van der Waals surface area contributed by atoms with E-state index in [-0.39, 0.29) is 37.1 Å². The maximum Gasteiger partial charge on any atom is 0.329 e. The number of hydrogen-bond donors (Lipinski definition) is 15. The fourth-order valence-electron chi connectivity index (χ4n) is 12.4. The van der Waals surface area contributed by atoms with Gasteiger partial charge in [0.05, 0.1) is 44.5 Å². The Balaban J connectivity index is 1.54. The Bertz CT molecular complexity index is 4080. The van der Waals surface area contributed by atoms with Gasteiger partial charge in [-0.05, 0) is 119 Å². The molecule has 0 aliphatic carbocycles. The van der Waals surface area contributed by atoms with Crippen LogP contribution in [0.25, 0.3) is 16.5 Å². The normalized spacial score (nSPS) is 21.8. The molecule has 12 unspecified atom stereocenters. The highest BCUT2D eigenvalue weighted by Gasteiger charge is 2.40. The largest absolute Gasteiger partial charge is 0.481 e. The first-order chi connectivity index (χ1) is 52.5. The van der Waals surface area contributed by atoms with Gasteiger partial charge >= 0.3 is 11.9 Å². The zero-order valence-corrected chi connectivity index (χ0v) is 63.8. The highest BCUT2D eigenvalue weighted by Crippen LogP contribution is 2.26. The molecule has 1 aliphatic heterocycles. The van der Waals surface area contributed by atoms with Gasteiger partial charge < -0.3 is 85.0 Å². The Hall–Kier alpha value is -11.4. The number of esters is 1. The van der Waals surface area contributed by atoms with E-state index in [1.165, 1.54) is 65.0 Å². The van der Waals surface area contributed by atoms with Gasteiger partial charge in [0.1, 0.15) is 48.1 Å². The van der Waals surface area contributed by atoms with Crippen LogP contribution >= 0.6 is 0 Å². The Morgan fingerprint density at radius 1 is 0.685 bits per heavy atom. The van der Waals surface area contributed by atoms with Crippen molar-refractivity contribution in [1.29, 1.82) is 0 Å². The number of carboxylic acid groups (broad SMARTS) is 1. The van der Waals surface area contributed by atoms with Gasteiger partial charge in [-0.2, -0.15) is 0 Å². The van der Waals surface area contributed by atoms with Gasteiger partial charge in [-0.15, -0.1) is 0 Å². The average molecular weight is 1540 g/mol. The summed E-state index contributed by atoms with van der Waals surface area (Å²) in [6, 6.07) is 8.18. The summed E-state index contributed by atoms with van der Waals surface area (Å²) in [4.78, 5) is 240. The molecule has 10 amide bonds. The molecule has 1 saturated heterocycles. The number of cyclic esters (lactones) is 1. The number of anilines is 1. The van der Waals surface area contributed by atoms with E-state index in [9.17, 15) is 91.7 Å². The van der Waals surface area contributed by atoms with Crippen LogP contribution in [0.2, 0.25) is 0 Å². The number of unbranched alkanes of at least 4 members (excludes halogenated alkanes) is 2. The maximum absolute atomic E-state index is 14.9. The lowest BCUT2D eigenvalue weighted by atomic mass is 9.87. The van der Waals surface area contributed by atoms with Crippen LogP contribution in [-0.2, 0) is 94.3 Å². The Labute approximate surface area is 642 Å². The maximum atomic E-state index is 14.9. The van der Waals surface area contributed by atoms with Crippen molar-refractivity contribution in [2.24, 2.45) is 41.1 Å². The van der Waals surface area contributed by atoms with Gasteiger partial charge in [-0.25, -0.2) is 4.79 Å². The number of Topliss-reactive ketones (excluding diaryl/α,β-unsaturated/α-hetero) is 4. The van der Waals surface area contributed by atoms with E-state index in [2.05, 4.69) is 59.8 Å². The molecule has 33 heteroatoms. The summed E-state index contributed by atoms with van der Waals surface area (Å²) in [5, 5.41) is 42.5. The molecule has 3 aromatic carbocycles. The minimum atomic E-state index is -2.22. The summed E-state index contributed by atoms with van der Waals surface area (Å²) in [5.74, 6) is -24.3. The van der Waals surface area contributed by atoms with Crippen LogP contribution in [0.4, 0.5) is 5.69 Å². The third kappa shape index (κ3) is 28.9. The Morgan fingerprint density at radius 3 is 1.99 bits per heavy atom. The quantitative estimate of drug-likeness (QED) is 0.0119. The number of nitrogens with one attached hydrogen (secondary N) is 10. The number of nitrogens with two attached hydrogens (primary N) is 3. The van der Waals surface area contributed by atoms with E-state index in [4.69, 9.17) is 21.9 Å². The molecule has 12 atom stereocenters. The molecule has 0 saturated carbocycles. The van der Waals surface area contributed by atoms with Gasteiger partial charge in [-0.3, -0.25) is 76.7 Å². The van der Waals surface area contributed by atoms with E-state index < -0.39 is 243 Å². The number of rotatable bonds is 29. The van der Waals surface area contributed by atoms with Gasteiger partial charge in [0.25, 0.3) is 0 Å². The summed E-state index contributed by atoms with van der Waals surface area (Å²) in [5.41, 5.74) is 21.2. The van der Waals surface area contributed by atoms with Gasteiger partial charge in [-0.1, -0.05) is 95.1 Å². The predicted octanol–water partition coefficient (Wildman–Crippen LogP) is 1.07. The molecule has 111 heavy (non-hydrogen) atoms. The number of para-hydroxylation sites is 2. The number of aliphatic hydroxyl groups is 1. The number of fused-ring (bicyclic) bond motifs is 1. The number of allylic oxidation sites excluding steroid dienone is 2. The van der Waals surface area contributed by atoms with Crippen molar-refractivity contribution in [1.82, 2.24) is 52.8 Å². The van der Waals surface area contributed by atoms with E-state index in [0.717, 1.165) is 43.7 Å². The lowest BCUT2D eigenvalue weighted by Crippen LogP contribution is -2.59. The summed E-state index contributed by atoms with van der Waals surface area (Å²) >= 11 is 0. The number of primary amides is 1. The van der Waals surface area contributed by atoms with E-state index in [1.807, 2.05) is 24.3 Å². The lowest BCUT2D eigenvalue weighted by molar-refractivity contribution is -0.156. The second-order valence-corrected chi connectivity index (χ2v) is 28.4. The molecule has 0 spiro atoms. The molecular formula is C78H105N13O20. The van der Waals surface area contributed by atoms with Crippen molar-refractivity contribution in [3.05, 3.63) is 107 Å². The number of carboxylic acids is 1. The van der Waals surface area contributed by atoms with Crippen molar-refractivity contribution in [2.45, 2.75) is 194 Å². The van der Waals surface area contributed by atoms with Crippen LogP contribution in [0.3, 0.4) is 0 Å². The van der Waals surface area contributed by atoms with Crippen LogP contribution < -0.4 is 65.1 Å². The zero-order chi connectivity index (χ0) is 82.3. The van der Waals surface area contributed by atoms with Crippen molar-refractivity contribution in [3.63, 3.8) is 0 Å². The zero-order valence-electron chi connectivity index (χ0n) is 63.8. The highest BCUT2D eigenvalue weighted by atomic mass is 16.5. The number of aromatic nitrogens is 1. The third-order valence-corrected chi connectivity index (χ3v) is 18.9. The summed E-state index contributed by atoms with van der Waals surface area (Å²) in [7, 11) is 0. The van der Waals surface area contributed by atoms with Crippen LogP contribution in [0.1, 0.15) is 159 Å². The van der Waals surface area contributed by atoms with E-state index >= 15 is 0 Å². The average Bonchev–Trinajstić information content (AvgIpc) is 1.78. The number of carbonyl (C=O) groups excluding carboxylic acids is 16. The Morgan fingerprint density at radius 2 is 1.34 bits per heavy atom. The highest BCUT2D eigenvalue weighted by molar-refractivity contribution is 6.05. The van der Waals surface area contributed by atoms with Crippen LogP contribution in [0, 0.1) is 29.6 Å². The minimum absolute atomic E-state index is 0.00420. The number of carbonyl (C=O) groups is 17. The van der Waals surface area contributed by atoms with E-state index in [1.54, 1.807) is 37.4 Å². The molecule has 5 rings (SSSR count). The van der Waals surface area contributed by atoms with Gasteiger partial charge in [0.15, 0.2) is 23.1 Å². The number of aliphatic carboxylic acids is 1. The fourth-order valence-corrected chi connectivity index (χ4v) is 12.4. The third-order valence-electron chi connectivity index (χ3n) is 18.9. The molecule has 602 valence electrons. The standard InChI is InChI=1S/C78H105N13O20/c1-9-10-11-17-47-23-25-48(26-24-47)42(4)28-53(93)32-50(30-52-37-82-58-22-15-13-19-55(52)58)73(105)88-59(36-65(81)98)64(97)33-51(34-67(100)101)74(106)91-69-46(8)111-78(110)60(35-63(96)56-20-12-14-21-57(56)80)89-77(109)68(41(2)3)90-75(107)61(40-92)87-66(99)39-84-71(103)44(6)86-72(104)45(7)85-70(102)43(5)29-62(95)49(18-16-27-79)31-54(94)38-83-76(69)108/h12-15,19-26,28,37,41,43-46,49-51,59-61,68-69,82,92H,9-11,16-18,27,29-36,38-40,79-80H2,1-8H3,(H2,81,98)(H,83,108)(H,84,103)(H,85,102)(H,86,104)(H,87,99)(H,88,105)(H,89,109)(H,90,107)(H,91,106)(H,100,101)/b42-28+. The number of nitrogen functional groups attached to an aromatic ring is 1. The number of H-pyrrole nitrogens is 1. The number of hydrogen-bond acceptors (Lipinski definition) is 21. The van der Waals surface area contributed by atoms with E-state index in [0.29, 0.717) is 22.0 Å². The van der Waals surface area contributed by atoms with Crippen LogP contribution in [-0.4, -0.2) is 190 Å². The van der Waals surface area contributed by atoms with Gasteiger partial charge in [0.2, 0.25) is 59.1 Å². The van der Waals surface area contributed by atoms with Crippen LogP contribution in [0.15, 0.2) is 85.1 Å². The second kappa shape index (κ2) is 44.3. The number of ketones is 5. The molecule has 4 aromatic rings. The molecule has 0 radical (unpaired) electrons. The Kier molecular flexibility index (Phi) is 36.1. The summed E-state index contributed by atoms with van der Waals surface area (Å²) in [6.07, 6.45) is -0.473. The predicted molar refractivity (Wildman–Crippen MR) is 406 cm³/mol. The molecular weight excluding hydrogens is 1440 g/mol. The molecule has 1 aromatic heterocycles. The van der Waals surface area contributed by atoms with Crippen molar-refractivity contribution >= 4 is 122 Å². The van der Waals surface area contributed by atoms with Crippen molar-refractivity contribution in [2.75, 3.05) is 32.0 Å². The number of amides is 10. The van der Waals surface area contributed by atoms with Gasteiger partial charge in [0, 0.05) is 78.2 Å². The summed E-state index contributed by atoms with van der Waals surface area (Å²) in [6.45, 7) is 8.90. The lowest BCUT2D eigenvalue weighted by Gasteiger charge is -2.29. The van der Waals surface area contributed by atoms with Crippen LogP contribution in [0.5, 0.6) is 0 Å². The first-order valence-electron chi connectivity index (χ1n) is 37.0. The fraction of sp³-hybridized carbons (Fsp3) is 0.500.